The minimum Gasteiger partial charge on any atom is -0.491 e. The minimum absolute atomic E-state index is 0.226. The molecule has 1 unspecified atom stereocenters. The lowest BCUT2D eigenvalue weighted by Crippen LogP contribution is -2.08. The molecular weight excluding hydrogens is 268 g/mol. The third kappa shape index (κ3) is 3.23. The first-order valence-corrected chi connectivity index (χ1v) is 6.78. The van der Waals surface area contributed by atoms with Crippen LogP contribution in [0.25, 0.3) is 10.8 Å². The van der Waals surface area contributed by atoms with Crippen LogP contribution in [0.2, 0.25) is 0 Å². The van der Waals surface area contributed by atoms with E-state index in [1.807, 2.05) is 30.3 Å². The number of hydrogen-bond acceptors (Lipinski definition) is 4. The Hall–Kier alpha value is -2.33. The zero-order valence-electron chi connectivity index (χ0n) is 11.8. The molecule has 1 aliphatic heterocycles. The lowest BCUT2D eigenvalue weighted by Gasteiger charge is -2.09. The molecule has 0 aromatic heterocycles. The fourth-order valence-electron chi connectivity index (χ4n) is 1.95. The van der Waals surface area contributed by atoms with E-state index < -0.39 is 5.97 Å². The first-order chi connectivity index (χ1) is 10.1. The second-order valence-electron chi connectivity index (χ2n) is 5.08. The Kier molecular flexibility index (Phi) is 3.62. The molecule has 2 aromatic rings. The molecule has 1 aliphatic rings. The number of carbonyl (C=O) groups excluding carboxylic acids is 1. The highest BCUT2D eigenvalue weighted by molar-refractivity contribution is 5.94. The fourth-order valence-corrected chi connectivity index (χ4v) is 1.95. The van der Waals surface area contributed by atoms with Crippen LogP contribution >= 0.6 is 0 Å². The Morgan fingerprint density at radius 3 is 2.90 bits per heavy atom. The van der Waals surface area contributed by atoms with Crippen molar-refractivity contribution in [3.63, 3.8) is 0 Å². The van der Waals surface area contributed by atoms with E-state index in [2.05, 4.69) is 6.58 Å². The van der Waals surface area contributed by atoms with Gasteiger partial charge in [0.15, 0.2) is 0 Å². The molecule has 0 aliphatic carbocycles. The van der Waals surface area contributed by atoms with Crippen molar-refractivity contribution >= 4 is 16.7 Å². The molecule has 1 heterocycles. The third-order valence-electron chi connectivity index (χ3n) is 3.20. The van der Waals surface area contributed by atoms with E-state index >= 15 is 0 Å². The standard InChI is InChI=1S/C17H16O4/c1-11(2)17(18)21-16-5-3-4-12-8-13(6-7-15(12)16)19-9-14-10-20-14/h3-8,14H,1,9-10H2,2H3. The minimum atomic E-state index is -0.422. The molecule has 0 saturated carbocycles. The highest BCUT2D eigenvalue weighted by Gasteiger charge is 2.23. The van der Waals surface area contributed by atoms with Gasteiger partial charge in [0.25, 0.3) is 0 Å². The second kappa shape index (κ2) is 5.58. The molecule has 21 heavy (non-hydrogen) atoms. The third-order valence-corrected chi connectivity index (χ3v) is 3.20. The molecule has 0 radical (unpaired) electrons. The summed E-state index contributed by atoms with van der Waals surface area (Å²) in [6.45, 7) is 6.55. The average Bonchev–Trinajstić information content (AvgIpc) is 3.29. The largest absolute Gasteiger partial charge is 0.491 e. The predicted molar refractivity (Wildman–Crippen MR) is 79.6 cm³/mol. The van der Waals surface area contributed by atoms with Gasteiger partial charge in [-0.1, -0.05) is 18.7 Å². The summed E-state index contributed by atoms with van der Waals surface area (Å²) in [4.78, 5) is 11.6. The molecule has 0 spiro atoms. The van der Waals surface area contributed by atoms with Crippen LogP contribution in [0.4, 0.5) is 0 Å². The van der Waals surface area contributed by atoms with Crippen LogP contribution in [0.3, 0.4) is 0 Å². The number of benzene rings is 2. The normalized spacial score (nSPS) is 16.5. The summed E-state index contributed by atoms with van der Waals surface area (Å²) in [5, 5.41) is 1.82. The molecule has 1 fully saturated rings. The van der Waals surface area contributed by atoms with Crippen LogP contribution in [0.5, 0.6) is 11.5 Å². The Morgan fingerprint density at radius 2 is 2.19 bits per heavy atom. The van der Waals surface area contributed by atoms with Crippen LogP contribution in [0.1, 0.15) is 6.92 Å². The summed E-state index contributed by atoms with van der Waals surface area (Å²) >= 11 is 0. The van der Waals surface area contributed by atoms with Crippen molar-refractivity contribution in [3.8, 4) is 11.5 Å². The summed E-state index contributed by atoms with van der Waals surface area (Å²) < 4.78 is 16.1. The van der Waals surface area contributed by atoms with E-state index in [-0.39, 0.29) is 6.10 Å². The van der Waals surface area contributed by atoms with E-state index in [0.717, 1.165) is 23.1 Å². The number of fused-ring (bicyclic) bond motifs is 1. The number of ether oxygens (including phenoxy) is 3. The van der Waals surface area contributed by atoms with Crippen LogP contribution in [-0.4, -0.2) is 25.3 Å². The van der Waals surface area contributed by atoms with Gasteiger partial charge in [0, 0.05) is 11.0 Å². The van der Waals surface area contributed by atoms with Gasteiger partial charge in [0.05, 0.1) is 6.61 Å². The first kappa shape index (κ1) is 13.6. The monoisotopic (exact) mass is 284 g/mol. The van der Waals surface area contributed by atoms with Crippen molar-refractivity contribution in [1.29, 1.82) is 0 Å². The Balaban J connectivity index is 1.84. The average molecular weight is 284 g/mol. The molecule has 1 saturated heterocycles. The van der Waals surface area contributed by atoms with E-state index in [9.17, 15) is 4.79 Å². The number of epoxide rings is 1. The van der Waals surface area contributed by atoms with Gasteiger partial charge in [-0.05, 0) is 36.6 Å². The van der Waals surface area contributed by atoms with Gasteiger partial charge in [0.2, 0.25) is 0 Å². The number of esters is 1. The maximum atomic E-state index is 11.6. The van der Waals surface area contributed by atoms with Crippen LogP contribution in [-0.2, 0) is 9.53 Å². The highest BCUT2D eigenvalue weighted by atomic mass is 16.6. The molecule has 3 rings (SSSR count). The molecule has 1 atom stereocenters. The van der Waals surface area contributed by atoms with E-state index in [0.29, 0.717) is 17.9 Å². The van der Waals surface area contributed by atoms with E-state index in [4.69, 9.17) is 14.2 Å². The summed E-state index contributed by atoms with van der Waals surface area (Å²) in [7, 11) is 0. The van der Waals surface area contributed by atoms with Crippen LogP contribution in [0, 0.1) is 0 Å². The van der Waals surface area contributed by atoms with Crippen molar-refractivity contribution in [2.75, 3.05) is 13.2 Å². The van der Waals surface area contributed by atoms with Gasteiger partial charge >= 0.3 is 5.97 Å². The molecular formula is C17H16O4. The summed E-state index contributed by atoms with van der Waals surface area (Å²) in [6.07, 6.45) is 0.226. The molecule has 2 aromatic carbocycles. The maximum absolute atomic E-state index is 11.6. The Labute approximate surface area is 122 Å². The van der Waals surface area contributed by atoms with Gasteiger partial charge in [0.1, 0.15) is 24.2 Å². The van der Waals surface area contributed by atoms with Gasteiger partial charge in [-0.15, -0.1) is 0 Å². The predicted octanol–water partition coefficient (Wildman–Crippen LogP) is 3.10. The van der Waals surface area contributed by atoms with Crippen molar-refractivity contribution in [1.82, 2.24) is 0 Å². The van der Waals surface area contributed by atoms with Crippen molar-refractivity contribution in [3.05, 3.63) is 48.6 Å². The zero-order chi connectivity index (χ0) is 14.8. The first-order valence-electron chi connectivity index (χ1n) is 6.78. The molecule has 4 nitrogen and oxygen atoms in total. The SMILES string of the molecule is C=C(C)C(=O)Oc1cccc2cc(OCC3CO3)ccc12. The van der Waals surface area contributed by atoms with Gasteiger partial charge in [-0.2, -0.15) is 0 Å². The Morgan fingerprint density at radius 1 is 1.38 bits per heavy atom. The van der Waals surface area contributed by atoms with Crippen LogP contribution < -0.4 is 9.47 Å². The molecule has 0 bridgehead atoms. The number of rotatable bonds is 5. The smallest absolute Gasteiger partial charge is 0.338 e. The van der Waals surface area contributed by atoms with E-state index in [1.165, 1.54) is 0 Å². The van der Waals surface area contributed by atoms with Crippen molar-refractivity contribution in [2.24, 2.45) is 0 Å². The molecule has 4 heteroatoms. The van der Waals surface area contributed by atoms with Gasteiger partial charge in [-0.3, -0.25) is 0 Å². The summed E-state index contributed by atoms with van der Waals surface area (Å²) in [5.74, 6) is 0.882. The number of hydrogen-bond donors (Lipinski definition) is 0. The Bertz CT molecular complexity index is 701. The van der Waals surface area contributed by atoms with Crippen molar-refractivity contribution in [2.45, 2.75) is 13.0 Å². The van der Waals surface area contributed by atoms with Gasteiger partial charge in [-0.25, -0.2) is 4.79 Å². The number of carbonyl (C=O) groups is 1. The second-order valence-corrected chi connectivity index (χ2v) is 5.08. The highest BCUT2D eigenvalue weighted by Crippen LogP contribution is 2.29. The molecule has 108 valence electrons. The summed E-state index contributed by atoms with van der Waals surface area (Å²) in [5.41, 5.74) is 0.372. The van der Waals surface area contributed by atoms with E-state index in [1.54, 1.807) is 13.0 Å². The fraction of sp³-hybridized carbons (Fsp3) is 0.235. The van der Waals surface area contributed by atoms with Crippen LogP contribution in [0.15, 0.2) is 48.6 Å². The quantitative estimate of drug-likeness (QED) is 0.366. The lowest BCUT2D eigenvalue weighted by molar-refractivity contribution is -0.129. The molecule has 0 amide bonds. The molecule has 0 N–H and O–H groups in total. The lowest BCUT2D eigenvalue weighted by atomic mass is 10.1. The van der Waals surface area contributed by atoms with Crippen molar-refractivity contribution < 1.29 is 19.0 Å². The topological polar surface area (TPSA) is 48.1 Å². The summed E-state index contributed by atoms with van der Waals surface area (Å²) in [6, 6.07) is 11.2. The maximum Gasteiger partial charge on any atom is 0.338 e. The zero-order valence-corrected chi connectivity index (χ0v) is 11.8. The van der Waals surface area contributed by atoms with Gasteiger partial charge < -0.3 is 14.2 Å².